The molecule has 0 radical (unpaired) electrons. The van der Waals surface area contributed by atoms with Crippen molar-refractivity contribution in [3.8, 4) is 0 Å². The van der Waals surface area contributed by atoms with Crippen LogP contribution in [0.2, 0.25) is 0 Å². The van der Waals surface area contributed by atoms with Gasteiger partial charge in [0.2, 0.25) is 0 Å². The van der Waals surface area contributed by atoms with Gasteiger partial charge in [0.05, 0.1) is 25.0 Å². The van der Waals surface area contributed by atoms with E-state index in [4.69, 9.17) is 33.2 Å². The van der Waals surface area contributed by atoms with Crippen LogP contribution in [0.4, 0.5) is 0 Å². The molecule has 29 heavy (non-hydrogen) atoms. The Hall–Kier alpha value is -1.26. The summed E-state index contributed by atoms with van der Waals surface area (Å²) in [6, 6.07) is 0. The smallest absolute Gasteiger partial charge is 0.309 e. The minimum absolute atomic E-state index is 0.252. The molecule has 3 aliphatic rings. The van der Waals surface area contributed by atoms with Gasteiger partial charge in [0.15, 0.2) is 30.1 Å². The van der Waals surface area contributed by atoms with E-state index in [1.165, 1.54) is 0 Å². The molecule has 0 aromatic heterocycles. The summed E-state index contributed by atoms with van der Waals surface area (Å²) in [5, 5.41) is 0. The summed E-state index contributed by atoms with van der Waals surface area (Å²) in [5.74, 6) is -3.92. The average Bonchev–Trinajstić information content (AvgIpc) is 3.23. The topological polar surface area (TPSA) is 98.8 Å². The lowest BCUT2D eigenvalue weighted by atomic mass is 9.96. The molecule has 3 fully saturated rings. The molecule has 0 saturated carbocycles. The van der Waals surface area contributed by atoms with Gasteiger partial charge in [-0.25, -0.2) is 0 Å². The quantitative estimate of drug-likeness (QED) is 0.600. The van der Waals surface area contributed by atoms with Crippen LogP contribution in [0.3, 0.4) is 0 Å². The molecular weight excluding hydrogens is 384 g/mol. The monoisotopic (exact) mass is 416 g/mol. The van der Waals surface area contributed by atoms with Crippen LogP contribution in [0, 0.1) is 11.8 Å². The van der Waals surface area contributed by atoms with Crippen LogP contribution in [0.5, 0.6) is 0 Å². The molecule has 0 N–H and O–H groups in total. The Kier molecular flexibility index (Phi) is 6.27. The Morgan fingerprint density at radius 2 is 1.62 bits per heavy atom. The average molecular weight is 416 g/mol. The van der Waals surface area contributed by atoms with Gasteiger partial charge in [-0.3, -0.25) is 9.59 Å². The van der Waals surface area contributed by atoms with E-state index in [0.29, 0.717) is 6.61 Å². The molecule has 0 aliphatic carbocycles. The second-order valence-corrected chi connectivity index (χ2v) is 8.67. The molecule has 0 spiro atoms. The van der Waals surface area contributed by atoms with Crippen molar-refractivity contribution in [3.63, 3.8) is 0 Å². The first-order valence-electron chi connectivity index (χ1n) is 10.1. The molecule has 9 nitrogen and oxygen atoms in total. The van der Waals surface area contributed by atoms with Crippen molar-refractivity contribution in [1.29, 1.82) is 0 Å². The van der Waals surface area contributed by atoms with Crippen LogP contribution in [-0.4, -0.2) is 67.4 Å². The van der Waals surface area contributed by atoms with Gasteiger partial charge in [-0.2, -0.15) is 0 Å². The summed E-state index contributed by atoms with van der Waals surface area (Å²) in [6.45, 7) is 12.7. The second-order valence-electron chi connectivity index (χ2n) is 8.67. The van der Waals surface area contributed by atoms with Gasteiger partial charge >= 0.3 is 11.9 Å². The molecule has 3 rings (SSSR count). The Labute approximate surface area is 171 Å². The molecule has 3 saturated heterocycles. The molecule has 3 heterocycles. The second kappa shape index (κ2) is 8.11. The van der Waals surface area contributed by atoms with Crippen LogP contribution in [-0.2, 0) is 42.7 Å². The van der Waals surface area contributed by atoms with E-state index < -0.39 is 66.1 Å². The molecule has 3 aliphatic heterocycles. The van der Waals surface area contributed by atoms with Crippen molar-refractivity contribution >= 4 is 11.9 Å². The zero-order chi connectivity index (χ0) is 21.6. The standard InChI is InChI=1S/C20H32O9/c1-8-23-16(21)10(2)11(3)17(22)25-14-13(12-9-24-19(4,5)27-12)26-18-15(14)28-20(6,7)29-18/h10-15,18H,8-9H2,1-7H3. The van der Waals surface area contributed by atoms with Crippen molar-refractivity contribution in [1.82, 2.24) is 0 Å². The fraction of sp³-hybridized carbons (Fsp3) is 0.900. The molecule has 0 bridgehead atoms. The number of esters is 2. The number of hydrogen-bond donors (Lipinski definition) is 0. The van der Waals surface area contributed by atoms with Crippen molar-refractivity contribution in [3.05, 3.63) is 0 Å². The van der Waals surface area contributed by atoms with Crippen molar-refractivity contribution < 1.29 is 42.7 Å². The summed E-state index contributed by atoms with van der Waals surface area (Å²) >= 11 is 0. The number of carbonyl (C=O) groups excluding carboxylic acids is 2. The third-order valence-corrected chi connectivity index (χ3v) is 5.46. The maximum absolute atomic E-state index is 12.8. The Balaban J connectivity index is 1.73. The molecule has 166 valence electrons. The fourth-order valence-corrected chi connectivity index (χ4v) is 3.74. The summed E-state index contributed by atoms with van der Waals surface area (Å²) < 4.78 is 40.1. The van der Waals surface area contributed by atoms with Gasteiger partial charge < -0.3 is 33.2 Å². The molecule has 0 aromatic rings. The highest BCUT2D eigenvalue weighted by Gasteiger charge is 2.60. The lowest BCUT2D eigenvalue weighted by Gasteiger charge is -2.29. The van der Waals surface area contributed by atoms with Crippen molar-refractivity contribution in [2.45, 2.75) is 90.7 Å². The van der Waals surface area contributed by atoms with Gasteiger partial charge in [0.1, 0.15) is 12.2 Å². The molecule has 0 amide bonds. The third kappa shape index (κ3) is 4.74. The SMILES string of the molecule is CCOC(=O)C(C)C(C)C(=O)OC1C(C2COC(C)(C)O2)OC2OC(C)(C)OC21. The fourth-order valence-electron chi connectivity index (χ4n) is 3.74. The molecule has 9 heteroatoms. The van der Waals surface area contributed by atoms with Gasteiger partial charge in [-0.15, -0.1) is 0 Å². The maximum atomic E-state index is 12.8. The van der Waals surface area contributed by atoms with Gasteiger partial charge in [0, 0.05) is 0 Å². The predicted octanol–water partition coefficient (Wildman–Crippen LogP) is 1.76. The minimum atomic E-state index is -0.860. The normalized spacial score (nSPS) is 37.0. The summed E-state index contributed by atoms with van der Waals surface area (Å²) in [6.07, 6.45) is -3.10. The van der Waals surface area contributed by atoms with Gasteiger partial charge in [0.25, 0.3) is 0 Å². The summed E-state index contributed by atoms with van der Waals surface area (Å²) in [5.41, 5.74) is 0. The van der Waals surface area contributed by atoms with E-state index in [9.17, 15) is 9.59 Å². The highest BCUT2D eigenvalue weighted by molar-refractivity contribution is 5.81. The van der Waals surface area contributed by atoms with Crippen molar-refractivity contribution in [2.75, 3.05) is 13.2 Å². The van der Waals surface area contributed by atoms with Crippen molar-refractivity contribution in [2.24, 2.45) is 11.8 Å². The molecule has 0 aromatic carbocycles. The summed E-state index contributed by atoms with van der Waals surface area (Å²) in [4.78, 5) is 24.8. The van der Waals surface area contributed by atoms with Gasteiger partial charge in [-0.05, 0) is 34.6 Å². The van der Waals surface area contributed by atoms with Gasteiger partial charge in [-0.1, -0.05) is 13.8 Å². The van der Waals surface area contributed by atoms with E-state index in [1.807, 2.05) is 13.8 Å². The first kappa shape index (κ1) is 22.4. The first-order chi connectivity index (χ1) is 13.4. The number of carbonyl (C=O) groups is 2. The van der Waals surface area contributed by atoms with Crippen LogP contribution < -0.4 is 0 Å². The highest BCUT2D eigenvalue weighted by Crippen LogP contribution is 2.42. The molecule has 7 atom stereocenters. The minimum Gasteiger partial charge on any atom is -0.466 e. The van der Waals surface area contributed by atoms with E-state index in [1.54, 1.807) is 34.6 Å². The summed E-state index contributed by atoms with van der Waals surface area (Å²) in [7, 11) is 0. The largest absolute Gasteiger partial charge is 0.466 e. The Morgan fingerprint density at radius 1 is 0.966 bits per heavy atom. The zero-order valence-corrected chi connectivity index (χ0v) is 18.1. The zero-order valence-electron chi connectivity index (χ0n) is 18.1. The van der Waals surface area contributed by atoms with Crippen LogP contribution >= 0.6 is 0 Å². The van der Waals surface area contributed by atoms with Crippen LogP contribution in [0.15, 0.2) is 0 Å². The lowest BCUT2D eigenvalue weighted by Crippen LogP contribution is -2.46. The van der Waals surface area contributed by atoms with E-state index in [0.717, 1.165) is 0 Å². The van der Waals surface area contributed by atoms with Crippen LogP contribution in [0.1, 0.15) is 48.5 Å². The van der Waals surface area contributed by atoms with E-state index >= 15 is 0 Å². The number of ether oxygens (including phenoxy) is 7. The maximum Gasteiger partial charge on any atom is 0.309 e. The van der Waals surface area contributed by atoms with Crippen LogP contribution in [0.25, 0.3) is 0 Å². The lowest BCUT2D eigenvalue weighted by molar-refractivity contribution is -0.236. The van der Waals surface area contributed by atoms with E-state index in [-0.39, 0.29) is 6.61 Å². The predicted molar refractivity (Wildman–Crippen MR) is 98.4 cm³/mol. The molecular formula is C20H32O9. The number of fused-ring (bicyclic) bond motifs is 1. The Morgan fingerprint density at radius 3 is 2.21 bits per heavy atom. The number of hydrogen-bond acceptors (Lipinski definition) is 9. The highest BCUT2D eigenvalue weighted by atomic mass is 16.8. The van der Waals surface area contributed by atoms with E-state index in [2.05, 4.69) is 0 Å². The Bertz CT molecular complexity index is 631. The first-order valence-corrected chi connectivity index (χ1v) is 10.1. The third-order valence-electron chi connectivity index (χ3n) is 5.46. The number of rotatable bonds is 6. The molecule has 7 unspecified atom stereocenters.